The Morgan fingerprint density at radius 1 is 1.12 bits per heavy atom. The maximum atomic E-state index is 13.9. The van der Waals surface area contributed by atoms with Crippen LogP contribution >= 0.6 is 11.8 Å². The number of halogens is 1. The van der Waals surface area contributed by atoms with Gasteiger partial charge < -0.3 is 15.5 Å². The van der Waals surface area contributed by atoms with Crippen LogP contribution in [-0.2, 0) is 16.1 Å². The van der Waals surface area contributed by atoms with Crippen molar-refractivity contribution in [2.24, 2.45) is 5.92 Å². The quantitative estimate of drug-likeness (QED) is 0.457. The topological polar surface area (TPSA) is 122 Å². The van der Waals surface area contributed by atoms with E-state index in [2.05, 4.69) is 15.6 Å². The Hall–Kier alpha value is -3.80. The number of hydrogen-bond acceptors (Lipinski definition) is 7. The van der Waals surface area contributed by atoms with Crippen molar-refractivity contribution >= 4 is 29.5 Å². The largest absolute Gasteiger partial charge is 0.344 e. The standard InChI is InChI=1S/C29H36FN7O3S/c1-19(2)25-27-34-26(20-8-5-4-6-9-20)35-37(27)14-13-36(29(40)21-16-22(30)18-31-17-21)12-7-10-24(38)32-23(11-15-41-3)28(39)33-25/h4-6,8-9,16-19,23,25H,7,10-15H2,1-3H3,(H,32,38)(H,33,39)/t23-,25+/m0/s1. The molecule has 4 rings (SSSR count). The number of carbonyl (C=O) groups is 3. The molecule has 218 valence electrons. The molecule has 0 unspecified atom stereocenters. The molecular weight excluding hydrogens is 545 g/mol. The van der Waals surface area contributed by atoms with E-state index in [-0.39, 0.29) is 55.3 Å². The van der Waals surface area contributed by atoms with E-state index in [0.29, 0.717) is 30.2 Å². The first-order valence-corrected chi connectivity index (χ1v) is 15.1. The van der Waals surface area contributed by atoms with Gasteiger partial charge in [-0.05, 0) is 36.8 Å². The first-order valence-electron chi connectivity index (χ1n) is 13.8. The molecule has 10 nitrogen and oxygen atoms in total. The molecule has 2 N–H and O–H groups in total. The summed E-state index contributed by atoms with van der Waals surface area (Å²) < 4.78 is 15.6. The SMILES string of the molecule is CSCC[C@@H]1NC(=O)CCCN(C(=O)c2cncc(F)c2)CCn2nc(-c3ccccc3)nc2[C@@H](C(C)C)NC1=O. The number of aromatic nitrogens is 4. The zero-order chi connectivity index (χ0) is 29.4. The molecule has 0 aliphatic carbocycles. The molecule has 0 saturated carbocycles. The van der Waals surface area contributed by atoms with Gasteiger partial charge in [0, 0.05) is 31.3 Å². The lowest BCUT2D eigenvalue weighted by Crippen LogP contribution is -2.49. The molecule has 3 amide bonds. The first kappa shape index (κ1) is 30.2. The lowest BCUT2D eigenvalue weighted by molar-refractivity contribution is -0.129. The van der Waals surface area contributed by atoms with Crippen LogP contribution in [0.3, 0.4) is 0 Å². The van der Waals surface area contributed by atoms with E-state index in [0.717, 1.165) is 17.8 Å². The first-order chi connectivity index (χ1) is 19.8. The molecule has 1 aliphatic heterocycles. The van der Waals surface area contributed by atoms with Gasteiger partial charge in [-0.3, -0.25) is 19.4 Å². The van der Waals surface area contributed by atoms with Crippen molar-refractivity contribution in [3.8, 4) is 11.4 Å². The number of nitrogens with one attached hydrogen (secondary N) is 2. The summed E-state index contributed by atoms with van der Waals surface area (Å²) in [5, 5.41) is 10.8. The van der Waals surface area contributed by atoms with Gasteiger partial charge in [-0.25, -0.2) is 14.1 Å². The highest BCUT2D eigenvalue weighted by Crippen LogP contribution is 2.25. The number of nitrogens with zero attached hydrogens (tertiary/aromatic N) is 5. The number of rotatable bonds is 6. The van der Waals surface area contributed by atoms with Crippen LogP contribution in [-0.4, -0.2) is 73.5 Å². The van der Waals surface area contributed by atoms with Crippen LogP contribution in [0.4, 0.5) is 4.39 Å². The van der Waals surface area contributed by atoms with Crippen molar-refractivity contribution < 1.29 is 18.8 Å². The van der Waals surface area contributed by atoms with Gasteiger partial charge in [-0.1, -0.05) is 44.2 Å². The Balaban J connectivity index is 1.73. The fourth-order valence-electron chi connectivity index (χ4n) is 4.68. The van der Waals surface area contributed by atoms with Crippen molar-refractivity contribution in [3.63, 3.8) is 0 Å². The molecule has 1 aliphatic rings. The van der Waals surface area contributed by atoms with Gasteiger partial charge in [0.1, 0.15) is 11.9 Å². The highest BCUT2D eigenvalue weighted by molar-refractivity contribution is 7.98. The second kappa shape index (κ2) is 14.2. The van der Waals surface area contributed by atoms with Gasteiger partial charge in [-0.15, -0.1) is 0 Å². The lowest BCUT2D eigenvalue weighted by atomic mass is 10.0. The number of fused-ring (bicyclic) bond motifs is 1. The molecule has 0 spiro atoms. The third-order valence-electron chi connectivity index (χ3n) is 6.89. The average molecular weight is 582 g/mol. The molecule has 0 saturated heterocycles. The van der Waals surface area contributed by atoms with E-state index >= 15 is 0 Å². The van der Waals surface area contributed by atoms with Crippen LogP contribution in [0, 0.1) is 11.7 Å². The molecule has 3 aromatic rings. The van der Waals surface area contributed by atoms with E-state index in [1.54, 1.807) is 21.3 Å². The molecule has 0 radical (unpaired) electrons. The van der Waals surface area contributed by atoms with Crippen molar-refractivity contribution in [2.45, 2.75) is 51.7 Å². The molecule has 0 fully saturated rings. The second-order valence-corrected chi connectivity index (χ2v) is 11.3. The molecule has 41 heavy (non-hydrogen) atoms. The fourth-order valence-corrected chi connectivity index (χ4v) is 5.16. The molecule has 12 heteroatoms. The maximum absolute atomic E-state index is 13.9. The van der Waals surface area contributed by atoms with Crippen LogP contribution < -0.4 is 10.6 Å². The maximum Gasteiger partial charge on any atom is 0.255 e. The van der Waals surface area contributed by atoms with Crippen LogP contribution in [0.1, 0.15) is 55.3 Å². The van der Waals surface area contributed by atoms with Gasteiger partial charge >= 0.3 is 0 Å². The monoisotopic (exact) mass is 581 g/mol. The lowest BCUT2D eigenvalue weighted by Gasteiger charge is -2.28. The summed E-state index contributed by atoms with van der Waals surface area (Å²) in [5.74, 6) is 0.183. The predicted molar refractivity (Wildman–Crippen MR) is 155 cm³/mol. The summed E-state index contributed by atoms with van der Waals surface area (Å²) in [5.41, 5.74) is 0.951. The van der Waals surface area contributed by atoms with E-state index in [4.69, 9.17) is 10.1 Å². The highest BCUT2D eigenvalue weighted by Gasteiger charge is 2.30. The number of amides is 3. The third kappa shape index (κ3) is 7.90. The molecular formula is C29H36FN7O3S. The Morgan fingerprint density at radius 2 is 1.90 bits per heavy atom. The van der Waals surface area contributed by atoms with Gasteiger partial charge in [0.2, 0.25) is 11.8 Å². The molecule has 2 atom stereocenters. The highest BCUT2D eigenvalue weighted by atomic mass is 32.2. The molecule has 0 bridgehead atoms. The minimum atomic E-state index is -0.708. The fraction of sp³-hybridized carbons (Fsp3) is 0.448. The third-order valence-corrected chi connectivity index (χ3v) is 7.53. The van der Waals surface area contributed by atoms with Crippen LogP contribution in [0.25, 0.3) is 11.4 Å². The average Bonchev–Trinajstić information content (AvgIpc) is 3.38. The van der Waals surface area contributed by atoms with Crippen molar-refractivity contribution in [2.75, 3.05) is 25.1 Å². The van der Waals surface area contributed by atoms with E-state index < -0.39 is 17.9 Å². The zero-order valence-electron chi connectivity index (χ0n) is 23.5. The van der Waals surface area contributed by atoms with Crippen LogP contribution in [0.5, 0.6) is 0 Å². The van der Waals surface area contributed by atoms with E-state index in [9.17, 15) is 18.8 Å². The zero-order valence-corrected chi connectivity index (χ0v) is 24.4. The van der Waals surface area contributed by atoms with Crippen molar-refractivity contribution in [1.29, 1.82) is 0 Å². The Labute approximate surface area is 243 Å². The van der Waals surface area contributed by atoms with Crippen LogP contribution in [0.2, 0.25) is 0 Å². The van der Waals surface area contributed by atoms with E-state index in [1.807, 2.05) is 50.4 Å². The smallest absolute Gasteiger partial charge is 0.255 e. The molecule has 1 aromatic carbocycles. The van der Waals surface area contributed by atoms with Crippen LogP contribution in [0.15, 0.2) is 48.8 Å². The minimum Gasteiger partial charge on any atom is -0.344 e. The van der Waals surface area contributed by atoms with Gasteiger partial charge in [0.15, 0.2) is 11.6 Å². The Morgan fingerprint density at radius 3 is 2.61 bits per heavy atom. The number of carbonyl (C=O) groups excluding carboxylic acids is 3. The Bertz CT molecular complexity index is 1350. The Kier molecular flexibility index (Phi) is 10.4. The van der Waals surface area contributed by atoms with Crippen molar-refractivity contribution in [1.82, 2.24) is 35.3 Å². The van der Waals surface area contributed by atoms with Crippen molar-refractivity contribution in [3.05, 3.63) is 66.0 Å². The number of benzene rings is 1. The molecule has 2 aromatic heterocycles. The summed E-state index contributed by atoms with van der Waals surface area (Å²) >= 11 is 1.60. The summed E-state index contributed by atoms with van der Waals surface area (Å²) in [6, 6.07) is 9.49. The number of thioether (sulfide) groups is 1. The summed E-state index contributed by atoms with van der Waals surface area (Å²) in [6.45, 7) is 4.74. The summed E-state index contributed by atoms with van der Waals surface area (Å²) in [7, 11) is 0. The summed E-state index contributed by atoms with van der Waals surface area (Å²) in [6.07, 6.45) is 5.30. The second-order valence-electron chi connectivity index (χ2n) is 10.3. The molecule has 3 heterocycles. The van der Waals surface area contributed by atoms with Gasteiger partial charge in [-0.2, -0.15) is 16.9 Å². The van der Waals surface area contributed by atoms with E-state index in [1.165, 1.54) is 6.20 Å². The summed E-state index contributed by atoms with van der Waals surface area (Å²) in [4.78, 5) is 50.0. The number of pyridine rings is 1. The normalized spacial score (nSPS) is 18.8. The van der Waals surface area contributed by atoms with Gasteiger partial charge in [0.05, 0.1) is 24.3 Å². The predicted octanol–water partition coefficient (Wildman–Crippen LogP) is 3.47. The van der Waals surface area contributed by atoms with Gasteiger partial charge in [0.25, 0.3) is 5.91 Å². The number of hydrogen-bond donors (Lipinski definition) is 2. The minimum absolute atomic E-state index is 0.0496.